The number of carboxylic acid groups (broad SMARTS) is 1. The number of carboxylic acids is 1. The summed E-state index contributed by atoms with van der Waals surface area (Å²) < 4.78 is 0. The van der Waals surface area contributed by atoms with Gasteiger partial charge in [-0.15, -0.1) is 0 Å². The summed E-state index contributed by atoms with van der Waals surface area (Å²) in [5.41, 5.74) is 5.35. The molecule has 0 aliphatic carbocycles. The molecular weight excluding hydrogens is 210 g/mol. The number of rotatable bonds is 8. The van der Waals surface area contributed by atoms with Gasteiger partial charge in [0.25, 0.3) is 0 Å². The van der Waals surface area contributed by atoms with Crippen LogP contribution in [0.3, 0.4) is 0 Å². The summed E-state index contributed by atoms with van der Waals surface area (Å²) in [5.74, 6) is -1.44. The quantitative estimate of drug-likeness (QED) is 0.413. The molecule has 0 aromatic rings. The first kappa shape index (κ1) is 14.9. The van der Waals surface area contributed by atoms with Crippen molar-refractivity contribution in [1.82, 2.24) is 10.6 Å². The van der Waals surface area contributed by atoms with E-state index in [1.54, 1.807) is 0 Å². The number of aliphatic carboxylic acids is 1. The minimum atomic E-state index is -1.02. The molecule has 0 aromatic heterocycles. The first-order chi connectivity index (χ1) is 7.49. The maximum Gasteiger partial charge on any atom is 0.326 e. The Morgan fingerprint density at radius 1 is 1.38 bits per heavy atom. The fourth-order valence-corrected chi connectivity index (χ4v) is 1.21. The molecule has 0 aliphatic rings. The normalized spacial score (nSPS) is 14.2. The molecule has 0 rings (SSSR count). The Hall–Kier alpha value is -1.14. The third-order valence-electron chi connectivity index (χ3n) is 2.20. The minimum Gasteiger partial charge on any atom is -0.480 e. The highest BCUT2D eigenvalue weighted by Gasteiger charge is 2.20. The van der Waals surface area contributed by atoms with Gasteiger partial charge in [0.05, 0.1) is 6.04 Å². The average molecular weight is 231 g/mol. The molecule has 5 N–H and O–H groups in total. The molecule has 0 aromatic carbocycles. The van der Waals surface area contributed by atoms with Crippen LogP contribution in [0.4, 0.5) is 0 Å². The fraction of sp³-hybridized carbons (Fsp3) is 0.800. The second-order valence-electron chi connectivity index (χ2n) is 3.79. The monoisotopic (exact) mass is 231 g/mol. The van der Waals surface area contributed by atoms with Crippen LogP contribution in [0.2, 0.25) is 0 Å². The summed E-state index contributed by atoms with van der Waals surface area (Å²) in [6, 6.07) is -1.52. The van der Waals surface area contributed by atoms with E-state index < -0.39 is 24.0 Å². The second-order valence-corrected chi connectivity index (χ2v) is 3.79. The van der Waals surface area contributed by atoms with Crippen molar-refractivity contribution in [2.75, 3.05) is 13.6 Å². The van der Waals surface area contributed by atoms with Gasteiger partial charge in [0, 0.05) is 0 Å². The van der Waals surface area contributed by atoms with Crippen molar-refractivity contribution >= 4 is 11.9 Å². The maximum absolute atomic E-state index is 11.2. The Morgan fingerprint density at radius 2 is 2.00 bits per heavy atom. The maximum atomic E-state index is 11.2. The molecule has 0 heterocycles. The van der Waals surface area contributed by atoms with Crippen LogP contribution in [0.25, 0.3) is 0 Å². The molecule has 94 valence electrons. The summed E-state index contributed by atoms with van der Waals surface area (Å²) in [4.78, 5) is 22.1. The lowest BCUT2D eigenvalue weighted by molar-refractivity contribution is -0.142. The highest BCUT2D eigenvalue weighted by Crippen LogP contribution is 2.01. The van der Waals surface area contributed by atoms with Crippen LogP contribution in [0.15, 0.2) is 0 Å². The molecule has 0 aliphatic heterocycles. The van der Waals surface area contributed by atoms with Gasteiger partial charge in [-0.25, -0.2) is 4.79 Å². The Bertz CT molecular complexity index is 231. The van der Waals surface area contributed by atoms with Crippen molar-refractivity contribution in [3.8, 4) is 0 Å². The summed E-state index contributed by atoms with van der Waals surface area (Å²) >= 11 is 0. The van der Waals surface area contributed by atoms with Gasteiger partial charge < -0.3 is 21.5 Å². The van der Waals surface area contributed by atoms with E-state index in [4.69, 9.17) is 10.8 Å². The molecule has 0 fully saturated rings. The van der Waals surface area contributed by atoms with Crippen LogP contribution in [0, 0.1) is 0 Å². The highest BCUT2D eigenvalue weighted by atomic mass is 16.4. The molecule has 6 heteroatoms. The number of unbranched alkanes of at least 4 members (excludes halogenated alkanes) is 1. The molecular formula is C10H21N3O3. The van der Waals surface area contributed by atoms with Gasteiger partial charge in [-0.3, -0.25) is 4.79 Å². The zero-order valence-electron chi connectivity index (χ0n) is 9.82. The van der Waals surface area contributed by atoms with Gasteiger partial charge >= 0.3 is 5.97 Å². The topological polar surface area (TPSA) is 104 Å². The number of nitrogens with one attached hydrogen (secondary N) is 2. The van der Waals surface area contributed by atoms with Crippen LogP contribution in [0.1, 0.15) is 26.2 Å². The van der Waals surface area contributed by atoms with E-state index in [0.717, 1.165) is 19.4 Å². The molecule has 1 amide bonds. The molecule has 2 atom stereocenters. The first-order valence-electron chi connectivity index (χ1n) is 5.42. The molecule has 0 spiro atoms. The van der Waals surface area contributed by atoms with E-state index in [9.17, 15) is 9.59 Å². The highest BCUT2D eigenvalue weighted by molar-refractivity contribution is 5.86. The molecule has 0 bridgehead atoms. The van der Waals surface area contributed by atoms with Crippen LogP contribution in [-0.4, -0.2) is 42.7 Å². The Labute approximate surface area is 95.6 Å². The van der Waals surface area contributed by atoms with E-state index in [0.29, 0.717) is 6.42 Å². The van der Waals surface area contributed by atoms with Gasteiger partial charge in [-0.2, -0.15) is 0 Å². The fourth-order valence-electron chi connectivity index (χ4n) is 1.21. The van der Waals surface area contributed by atoms with E-state index >= 15 is 0 Å². The lowest BCUT2D eigenvalue weighted by atomic mass is 10.1. The van der Waals surface area contributed by atoms with Crippen LogP contribution < -0.4 is 16.4 Å². The van der Waals surface area contributed by atoms with Crippen molar-refractivity contribution in [3.63, 3.8) is 0 Å². The lowest BCUT2D eigenvalue weighted by Crippen LogP contribution is -2.47. The summed E-state index contributed by atoms with van der Waals surface area (Å²) in [6.07, 6.45) is 2.06. The third kappa shape index (κ3) is 6.36. The molecule has 0 radical (unpaired) electrons. The van der Waals surface area contributed by atoms with Crippen LogP contribution in [0.5, 0.6) is 0 Å². The van der Waals surface area contributed by atoms with Crippen LogP contribution in [-0.2, 0) is 9.59 Å². The van der Waals surface area contributed by atoms with E-state index in [1.165, 1.54) is 6.92 Å². The molecule has 16 heavy (non-hydrogen) atoms. The molecule has 0 saturated carbocycles. The van der Waals surface area contributed by atoms with Crippen molar-refractivity contribution in [2.45, 2.75) is 38.3 Å². The Kier molecular flexibility index (Phi) is 7.49. The van der Waals surface area contributed by atoms with Crippen molar-refractivity contribution in [3.05, 3.63) is 0 Å². The predicted molar refractivity (Wildman–Crippen MR) is 61.0 cm³/mol. The molecule has 2 unspecified atom stereocenters. The van der Waals surface area contributed by atoms with Crippen LogP contribution >= 0.6 is 0 Å². The summed E-state index contributed by atoms with van der Waals surface area (Å²) in [5, 5.41) is 14.3. The van der Waals surface area contributed by atoms with Gasteiger partial charge in [0.15, 0.2) is 0 Å². The van der Waals surface area contributed by atoms with Gasteiger partial charge in [0.1, 0.15) is 6.04 Å². The minimum absolute atomic E-state index is 0.426. The van der Waals surface area contributed by atoms with Crippen molar-refractivity contribution < 1.29 is 14.7 Å². The number of carbonyl (C=O) groups excluding carboxylic acids is 1. The predicted octanol–water partition coefficient (Wildman–Crippen LogP) is -0.707. The van der Waals surface area contributed by atoms with Gasteiger partial charge in [-0.1, -0.05) is 0 Å². The SMILES string of the molecule is CNCCCCC(NC(=O)C(C)N)C(=O)O. The number of hydrogen-bond donors (Lipinski definition) is 4. The standard InChI is InChI=1S/C10H21N3O3/c1-7(11)9(14)13-8(10(15)16)5-3-4-6-12-2/h7-8,12H,3-6,11H2,1-2H3,(H,13,14)(H,15,16). The first-order valence-corrected chi connectivity index (χ1v) is 5.42. The van der Waals surface area contributed by atoms with E-state index in [2.05, 4.69) is 10.6 Å². The van der Waals surface area contributed by atoms with E-state index in [-0.39, 0.29) is 0 Å². The Balaban J connectivity index is 3.98. The zero-order chi connectivity index (χ0) is 12.6. The zero-order valence-corrected chi connectivity index (χ0v) is 9.82. The summed E-state index contributed by atoms with van der Waals surface area (Å²) in [7, 11) is 1.84. The number of amides is 1. The van der Waals surface area contributed by atoms with E-state index in [1.807, 2.05) is 7.05 Å². The average Bonchev–Trinajstić information content (AvgIpc) is 2.21. The van der Waals surface area contributed by atoms with Crippen molar-refractivity contribution in [1.29, 1.82) is 0 Å². The number of hydrogen-bond acceptors (Lipinski definition) is 4. The largest absolute Gasteiger partial charge is 0.480 e. The summed E-state index contributed by atoms with van der Waals surface area (Å²) in [6.45, 7) is 2.36. The molecule has 6 nitrogen and oxygen atoms in total. The molecule has 0 saturated heterocycles. The number of carbonyl (C=O) groups is 2. The number of nitrogens with two attached hydrogens (primary N) is 1. The van der Waals surface area contributed by atoms with Gasteiger partial charge in [-0.05, 0) is 39.8 Å². The van der Waals surface area contributed by atoms with Crippen molar-refractivity contribution in [2.24, 2.45) is 5.73 Å². The third-order valence-corrected chi connectivity index (χ3v) is 2.20. The lowest BCUT2D eigenvalue weighted by Gasteiger charge is -2.15. The Morgan fingerprint density at radius 3 is 2.44 bits per heavy atom. The smallest absolute Gasteiger partial charge is 0.326 e. The van der Waals surface area contributed by atoms with Gasteiger partial charge in [0.2, 0.25) is 5.91 Å². The second kappa shape index (κ2) is 8.06.